The second-order valence-corrected chi connectivity index (χ2v) is 4.26. The molecule has 0 aromatic heterocycles. The summed E-state index contributed by atoms with van der Waals surface area (Å²) >= 11 is 0. The first kappa shape index (κ1) is 15.5. The number of benzene rings is 1. The first-order valence-electron chi connectivity index (χ1n) is 6.42. The van der Waals surface area contributed by atoms with Crippen molar-refractivity contribution in [1.29, 1.82) is 0 Å². The van der Waals surface area contributed by atoms with E-state index >= 15 is 0 Å². The van der Waals surface area contributed by atoms with Crippen molar-refractivity contribution in [1.82, 2.24) is 5.32 Å². The quantitative estimate of drug-likeness (QED) is 0.708. The summed E-state index contributed by atoms with van der Waals surface area (Å²) < 4.78 is 10.5. The molecule has 1 aromatic carbocycles. The van der Waals surface area contributed by atoms with Crippen LogP contribution in [0.2, 0.25) is 0 Å². The molecule has 4 nitrogen and oxygen atoms in total. The van der Waals surface area contributed by atoms with E-state index in [0.29, 0.717) is 18.0 Å². The first-order chi connectivity index (χ1) is 9.17. The Balaban J connectivity index is 3.00. The van der Waals surface area contributed by atoms with Gasteiger partial charge in [0.1, 0.15) is 11.5 Å². The van der Waals surface area contributed by atoms with E-state index in [-0.39, 0.29) is 6.04 Å². The number of aliphatic hydroxyl groups excluding tert-OH is 1. The fraction of sp³-hybridized carbons (Fsp3) is 0.467. The number of nitrogens with one attached hydrogen (secondary N) is 1. The average Bonchev–Trinajstić information content (AvgIpc) is 2.47. The lowest BCUT2D eigenvalue weighted by Crippen LogP contribution is -2.34. The number of hydrogen-bond donors (Lipinski definition) is 2. The molecule has 0 fully saturated rings. The van der Waals surface area contributed by atoms with Crippen molar-refractivity contribution in [2.75, 3.05) is 20.8 Å². The maximum Gasteiger partial charge on any atom is 0.124 e. The van der Waals surface area contributed by atoms with Crippen LogP contribution in [0.15, 0.2) is 30.9 Å². The third kappa shape index (κ3) is 3.98. The molecule has 2 N–H and O–H groups in total. The lowest BCUT2D eigenvalue weighted by molar-refractivity contribution is 0.124. The lowest BCUT2D eigenvalue weighted by atomic mass is 9.99. The van der Waals surface area contributed by atoms with Crippen LogP contribution in [0.4, 0.5) is 0 Å². The maximum absolute atomic E-state index is 10.5. The fourth-order valence-electron chi connectivity index (χ4n) is 2.00. The molecule has 0 aliphatic carbocycles. The van der Waals surface area contributed by atoms with Crippen LogP contribution in [0.1, 0.15) is 25.0 Å². The van der Waals surface area contributed by atoms with Crippen molar-refractivity contribution in [3.05, 3.63) is 36.4 Å². The summed E-state index contributed by atoms with van der Waals surface area (Å²) in [5.74, 6) is 1.36. The van der Waals surface area contributed by atoms with E-state index in [0.717, 1.165) is 12.0 Å². The van der Waals surface area contributed by atoms with Crippen LogP contribution in [0.3, 0.4) is 0 Å². The van der Waals surface area contributed by atoms with Gasteiger partial charge >= 0.3 is 0 Å². The number of aliphatic hydroxyl groups is 1. The zero-order valence-electron chi connectivity index (χ0n) is 11.8. The molecule has 19 heavy (non-hydrogen) atoms. The summed E-state index contributed by atoms with van der Waals surface area (Å²) in [5.41, 5.74) is 0.727. The van der Waals surface area contributed by atoms with Gasteiger partial charge in [0, 0.05) is 18.2 Å². The molecule has 0 spiro atoms. The Morgan fingerprint density at radius 1 is 1.37 bits per heavy atom. The molecular formula is C15H23NO3. The number of methoxy groups -OCH3 is 2. The topological polar surface area (TPSA) is 50.7 Å². The van der Waals surface area contributed by atoms with Gasteiger partial charge in [0.2, 0.25) is 0 Å². The predicted octanol–water partition coefficient (Wildman–Crippen LogP) is 2.29. The zero-order chi connectivity index (χ0) is 14.3. The monoisotopic (exact) mass is 265 g/mol. The predicted molar refractivity (Wildman–Crippen MR) is 76.8 cm³/mol. The van der Waals surface area contributed by atoms with Gasteiger partial charge in [-0.3, -0.25) is 0 Å². The third-order valence-corrected chi connectivity index (χ3v) is 3.10. The fourth-order valence-corrected chi connectivity index (χ4v) is 2.00. The molecule has 1 rings (SSSR count). The second kappa shape index (κ2) is 7.81. The Morgan fingerprint density at radius 3 is 2.63 bits per heavy atom. The van der Waals surface area contributed by atoms with Crippen LogP contribution >= 0.6 is 0 Å². The summed E-state index contributed by atoms with van der Waals surface area (Å²) in [6.45, 7) is 6.35. The van der Waals surface area contributed by atoms with Crippen LogP contribution in [0, 0.1) is 0 Å². The van der Waals surface area contributed by atoms with E-state index in [9.17, 15) is 5.11 Å². The first-order valence-corrected chi connectivity index (χ1v) is 6.42. The Bertz CT molecular complexity index is 406. The second-order valence-electron chi connectivity index (χ2n) is 4.26. The van der Waals surface area contributed by atoms with Gasteiger partial charge in [-0.05, 0) is 24.6 Å². The Hall–Kier alpha value is -1.52. The minimum atomic E-state index is -0.657. The largest absolute Gasteiger partial charge is 0.497 e. The Labute approximate surface area is 115 Å². The van der Waals surface area contributed by atoms with Crippen molar-refractivity contribution in [3.63, 3.8) is 0 Å². The van der Waals surface area contributed by atoms with E-state index in [1.807, 2.05) is 19.1 Å². The van der Waals surface area contributed by atoms with Crippen LogP contribution < -0.4 is 14.8 Å². The molecule has 0 bridgehead atoms. The number of hydrogen-bond acceptors (Lipinski definition) is 4. The summed E-state index contributed by atoms with van der Waals surface area (Å²) in [6.07, 6.45) is 1.92. The molecule has 0 aliphatic rings. The van der Waals surface area contributed by atoms with Crippen LogP contribution in [0.5, 0.6) is 11.5 Å². The highest BCUT2D eigenvalue weighted by Crippen LogP contribution is 2.31. The van der Waals surface area contributed by atoms with Crippen LogP contribution in [0.25, 0.3) is 0 Å². The molecule has 106 valence electrons. The Morgan fingerprint density at radius 2 is 2.11 bits per heavy atom. The van der Waals surface area contributed by atoms with Crippen LogP contribution in [-0.2, 0) is 0 Å². The van der Waals surface area contributed by atoms with Crippen LogP contribution in [-0.4, -0.2) is 31.9 Å². The highest BCUT2D eigenvalue weighted by atomic mass is 16.5. The molecule has 0 saturated carbocycles. The van der Waals surface area contributed by atoms with E-state index in [1.165, 1.54) is 0 Å². The molecule has 2 unspecified atom stereocenters. The van der Waals surface area contributed by atoms with Crippen molar-refractivity contribution in [2.45, 2.75) is 25.5 Å². The van der Waals surface area contributed by atoms with Gasteiger partial charge in [-0.1, -0.05) is 13.0 Å². The van der Waals surface area contributed by atoms with Crippen molar-refractivity contribution < 1.29 is 14.6 Å². The molecule has 0 aliphatic heterocycles. The molecule has 0 radical (unpaired) electrons. The smallest absolute Gasteiger partial charge is 0.124 e. The molecule has 0 saturated heterocycles. The summed E-state index contributed by atoms with van der Waals surface area (Å²) in [6, 6.07) is 5.37. The summed E-state index contributed by atoms with van der Waals surface area (Å²) in [7, 11) is 3.20. The van der Waals surface area contributed by atoms with Crippen molar-refractivity contribution >= 4 is 0 Å². The molecule has 0 heterocycles. The summed E-state index contributed by atoms with van der Waals surface area (Å²) in [4.78, 5) is 0. The van der Waals surface area contributed by atoms with E-state index in [2.05, 4.69) is 11.9 Å². The van der Waals surface area contributed by atoms with Crippen molar-refractivity contribution in [2.24, 2.45) is 0 Å². The minimum absolute atomic E-state index is 0.0565. The Kier molecular flexibility index (Phi) is 6.39. The van der Waals surface area contributed by atoms with Gasteiger partial charge < -0.3 is 19.9 Å². The average molecular weight is 265 g/mol. The number of ether oxygens (including phenoxy) is 2. The third-order valence-electron chi connectivity index (χ3n) is 3.10. The standard InChI is InChI=1S/C15H23NO3/c1-5-9-16-13(6-2)15(17)12-10-11(18-3)7-8-14(12)19-4/h5,7-8,10,13,15-17H,1,6,9H2,2-4H3. The normalized spacial score (nSPS) is 13.7. The van der Waals surface area contributed by atoms with Gasteiger partial charge in [-0.2, -0.15) is 0 Å². The van der Waals surface area contributed by atoms with E-state index in [1.54, 1.807) is 26.4 Å². The highest BCUT2D eigenvalue weighted by Gasteiger charge is 2.22. The molecule has 4 heteroatoms. The lowest BCUT2D eigenvalue weighted by Gasteiger charge is -2.24. The molecule has 1 aromatic rings. The van der Waals surface area contributed by atoms with Crippen molar-refractivity contribution in [3.8, 4) is 11.5 Å². The molecule has 0 amide bonds. The van der Waals surface area contributed by atoms with Gasteiger partial charge in [-0.15, -0.1) is 6.58 Å². The van der Waals surface area contributed by atoms with Gasteiger partial charge in [0.25, 0.3) is 0 Å². The maximum atomic E-state index is 10.5. The van der Waals surface area contributed by atoms with E-state index in [4.69, 9.17) is 9.47 Å². The summed E-state index contributed by atoms with van der Waals surface area (Å²) in [5, 5.41) is 13.7. The van der Waals surface area contributed by atoms with Gasteiger partial charge in [0.05, 0.1) is 20.3 Å². The molecular weight excluding hydrogens is 242 g/mol. The van der Waals surface area contributed by atoms with E-state index < -0.39 is 6.10 Å². The number of rotatable bonds is 8. The van der Waals surface area contributed by atoms with Gasteiger partial charge in [0.15, 0.2) is 0 Å². The molecule has 2 atom stereocenters. The highest BCUT2D eigenvalue weighted by molar-refractivity contribution is 5.42. The zero-order valence-corrected chi connectivity index (χ0v) is 11.8. The minimum Gasteiger partial charge on any atom is -0.497 e. The SMILES string of the molecule is C=CCNC(CC)C(O)c1cc(OC)ccc1OC. The van der Waals surface area contributed by atoms with Gasteiger partial charge in [-0.25, -0.2) is 0 Å².